The number of nitrogens with one attached hydrogen (secondary N) is 2. The molecule has 0 saturated carbocycles. The maximum atomic E-state index is 12.7. The fourth-order valence-corrected chi connectivity index (χ4v) is 3.64. The van der Waals surface area contributed by atoms with Gasteiger partial charge in [0.1, 0.15) is 11.3 Å². The normalized spacial score (nSPS) is 14.7. The third-order valence-electron chi connectivity index (χ3n) is 5.24. The number of benzene rings is 1. The first kappa shape index (κ1) is 19.1. The summed E-state index contributed by atoms with van der Waals surface area (Å²) in [5.41, 5.74) is 3.46. The van der Waals surface area contributed by atoms with Crippen LogP contribution in [0.3, 0.4) is 0 Å². The third-order valence-corrected chi connectivity index (χ3v) is 5.24. The van der Waals surface area contributed by atoms with Gasteiger partial charge >= 0.3 is 0 Å². The van der Waals surface area contributed by atoms with E-state index in [9.17, 15) is 9.59 Å². The van der Waals surface area contributed by atoms with Gasteiger partial charge in [0.15, 0.2) is 0 Å². The lowest BCUT2D eigenvalue weighted by atomic mass is 10.1. The second-order valence-electron chi connectivity index (χ2n) is 7.44. The van der Waals surface area contributed by atoms with E-state index in [1.165, 1.54) is 6.42 Å². The lowest BCUT2D eigenvalue weighted by Crippen LogP contribution is -2.36. The van der Waals surface area contributed by atoms with Gasteiger partial charge in [-0.1, -0.05) is 18.6 Å². The zero-order valence-electron chi connectivity index (χ0n) is 16.5. The summed E-state index contributed by atoms with van der Waals surface area (Å²) >= 11 is 0. The molecule has 1 aliphatic heterocycles. The van der Waals surface area contributed by atoms with E-state index in [4.69, 9.17) is 0 Å². The number of nitrogens with zero attached hydrogens (tertiary/aromatic N) is 3. The molecule has 4 rings (SSSR count). The van der Waals surface area contributed by atoms with Crippen LogP contribution in [-0.4, -0.2) is 45.7 Å². The Kier molecular flexibility index (Phi) is 5.57. The Labute approximate surface area is 169 Å². The number of carbonyl (C=O) groups is 2. The molecule has 0 radical (unpaired) electrons. The molecule has 7 heteroatoms. The lowest BCUT2D eigenvalue weighted by Gasteiger charge is -2.25. The Hall–Kier alpha value is -3.19. The van der Waals surface area contributed by atoms with Crippen LogP contribution in [-0.2, 0) is 4.79 Å². The topological polar surface area (TPSA) is 78.7 Å². The van der Waals surface area contributed by atoms with Gasteiger partial charge in [-0.15, -0.1) is 0 Å². The van der Waals surface area contributed by atoms with E-state index in [1.54, 1.807) is 22.9 Å². The highest BCUT2D eigenvalue weighted by atomic mass is 16.2. The third kappa shape index (κ3) is 4.46. The first-order valence-electron chi connectivity index (χ1n) is 9.96. The number of hydrogen-bond donors (Lipinski definition) is 2. The Morgan fingerprint density at radius 3 is 2.72 bits per heavy atom. The summed E-state index contributed by atoms with van der Waals surface area (Å²) in [5.74, 6) is -0.279. The molecule has 2 amide bonds. The van der Waals surface area contributed by atoms with Crippen molar-refractivity contribution in [3.8, 4) is 0 Å². The van der Waals surface area contributed by atoms with Crippen molar-refractivity contribution in [3.05, 3.63) is 60.0 Å². The number of rotatable bonds is 5. The number of aryl methyl sites for hydroxylation is 1. The number of pyridine rings is 1. The van der Waals surface area contributed by atoms with Crippen molar-refractivity contribution in [2.45, 2.75) is 26.2 Å². The Morgan fingerprint density at radius 2 is 1.90 bits per heavy atom. The fraction of sp³-hybridized carbons (Fsp3) is 0.318. The quantitative estimate of drug-likeness (QED) is 0.699. The Bertz CT molecular complexity index is 1040. The monoisotopic (exact) mass is 391 g/mol. The maximum absolute atomic E-state index is 12.7. The average molecular weight is 391 g/mol. The van der Waals surface area contributed by atoms with Crippen molar-refractivity contribution in [1.82, 2.24) is 14.3 Å². The van der Waals surface area contributed by atoms with Gasteiger partial charge in [-0.2, -0.15) is 0 Å². The number of fused-ring (bicyclic) bond motifs is 1. The molecule has 150 valence electrons. The average Bonchev–Trinajstić information content (AvgIpc) is 3.15. The molecule has 0 atom stereocenters. The van der Waals surface area contributed by atoms with Crippen LogP contribution >= 0.6 is 0 Å². The number of imidazole rings is 1. The standard InChI is InChI=1S/C22H25N5O2/c1-16-8-9-17(13-18(16)25-21(28)15-26-10-4-2-5-11-26)24-22(29)19-14-23-20-7-3-6-12-27(19)20/h3,6-9,12-14H,2,4-5,10-11,15H2,1H3,(H,24,29)(H,25,28). The van der Waals surface area contributed by atoms with Crippen LogP contribution < -0.4 is 10.6 Å². The van der Waals surface area contributed by atoms with Gasteiger partial charge in [0.25, 0.3) is 5.91 Å². The fourth-order valence-electron chi connectivity index (χ4n) is 3.64. The predicted molar refractivity (Wildman–Crippen MR) is 113 cm³/mol. The SMILES string of the molecule is Cc1ccc(NC(=O)c2cnc3ccccn23)cc1NC(=O)CN1CCCCC1. The van der Waals surface area contributed by atoms with E-state index in [0.717, 1.165) is 31.5 Å². The summed E-state index contributed by atoms with van der Waals surface area (Å²) in [6.45, 7) is 4.29. The van der Waals surface area contributed by atoms with Gasteiger partial charge in [-0.25, -0.2) is 4.98 Å². The lowest BCUT2D eigenvalue weighted by molar-refractivity contribution is -0.117. The van der Waals surface area contributed by atoms with Crippen LogP contribution in [0, 0.1) is 6.92 Å². The highest BCUT2D eigenvalue weighted by Crippen LogP contribution is 2.21. The minimum absolute atomic E-state index is 0.0275. The molecule has 1 aliphatic rings. The van der Waals surface area contributed by atoms with E-state index in [1.807, 2.05) is 37.3 Å². The Balaban J connectivity index is 1.45. The zero-order chi connectivity index (χ0) is 20.2. The van der Waals surface area contributed by atoms with E-state index in [0.29, 0.717) is 29.3 Å². The van der Waals surface area contributed by atoms with Gasteiger partial charge in [0, 0.05) is 17.6 Å². The van der Waals surface area contributed by atoms with Crippen LogP contribution in [0.2, 0.25) is 0 Å². The molecule has 1 aromatic carbocycles. The van der Waals surface area contributed by atoms with E-state index >= 15 is 0 Å². The van der Waals surface area contributed by atoms with E-state index in [-0.39, 0.29) is 11.8 Å². The largest absolute Gasteiger partial charge is 0.325 e. The molecule has 3 heterocycles. The molecule has 1 saturated heterocycles. The van der Waals surface area contributed by atoms with Crippen LogP contribution in [0.5, 0.6) is 0 Å². The van der Waals surface area contributed by atoms with Crippen LogP contribution in [0.1, 0.15) is 35.3 Å². The van der Waals surface area contributed by atoms with Crippen LogP contribution in [0.15, 0.2) is 48.8 Å². The maximum Gasteiger partial charge on any atom is 0.274 e. The van der Waals surface area contributed by atoms with Gasteiger partial charge < -0.3 is 10.6 Å². The second kappa shape index (κ2) is 8.45. The van der Waals surface area contributed by atoms with Gasteiger partial charge in [0.05, 0.1) is 12.7 Å². The van der Waals surface area contributed by atoms with Gasteiger partial charge in [-0.3, -0.25) is 18.9 Å². The Morgan fingerprint density at radius 1 is 1.07 bits per heavy atom. The van der Waals surface area contributed by atoms with Crippen LogP contribution in [0.4, 0.5) is 11.4 Å². The number of anilines is 2. The van der Waals surface area contributed by atoms with Crippen molar-refractivity contribution in [1.29, 1.82) is 0 Å². The molecular weight excluding hydrogens is 366 g/mol. The molecule has 0 spiro atoms. The summed E-state index contributed by atoms with van der Waals surface area (Å²) < 4.78 is 1.74. The zero-order valence-corrected chi connectivity index (χ0v) is 16.5. The molecule has 0 aliphatic carbocycles. The highest BCUT2D eigenvalue weighted by molar-refractivity contribution is 6.04. The molecular formula is C22H25N5O2. The van der Waals surface area contributed by atoms with E-state index < -0.39 is 0 Å². The first-order chi connectivity index (χ1) is 14.1. The van der Waals surface area contributed by atoms with Crippen molar-refractivity contribution in [3.63, 3.8) is 0 Å². The summed E-state index contributed by atoms with van der Waals surface area (Å²) in [6, 6.07) is 11.1. The second-order valence-corrected chi connectivity index (χ2v) is 7.44. The minimum atomic E-state index is -0.252. The van der Waals surface area contributed by atoms with Gasteiger partial charge in [0.2, 0.25) is 5.91 Å². The summed E-state index contributed by atoms with van der Waals surface area (Å²) in [6.07, 6.45) is 6.90. The van der Waals surface area contributed by atoms with Gasteiger partial charge in [-0.05, 0) is 62.7 Å². The molecule has 1 fully saturated rings. The molecule has 29 heavy (non-hydrogen) atoms. The number of piperidine rings is 1. The van der Waals surface area contributed by atoms with Crippen molar-refractivity contribution in [2.75, 3.05) is 30.3 Å². The smallest absolute Gasteiger partial charge is 0.274 e. The molecule has 3 aromatic rings. The summed E-state index contributed by atoms with van der Waals surface area (Å²) in [5, 5.41) is 5.88. The molecule has 2 aromatic heterocycles. The van der Waals surface area contributed by atoms with Crippen molar-refractivity contribution < 1.29 is 9.59 Å². The number of carbonyl (C=O) groups excluding carboxylic acids is 2. The molecule has 7 nitrogen and oxygen atoms in total. The number of amides is 2. The summed E-state index contributed by atoms with van der Waals surface area (Å²) in [7, 11) is 0. The van der Waals surface area contributed by atoms with Crippen molar-refractivity contribution in [2.24, 2.45) is 0 Å². The minimum Gasteiger partial charge on any atom is -0.325 e. The first-order valence-corrected chi connectivity index (χ1v) is 9.96. The highest BCUT2D eigenvalue weighted by Gasteiger charge is 2.16. The number of hydrogen-bond acceptors (Lipinski definition) is 4. The molecule has 0 unspecified atom stereocenters. The molecule has 2 N–H and O–H groups in total. The number of aromatic nitrogens is 2. The summed E-state index contributed by atoms with van der Waals surface area (Å²) in [4.78, 5) is 31.6. The predicted octanol–water partition coefficient (Wildman–Crippen LogP) is 3.32. The van der Waals surface area contributed by atoms with Crippen LogP contribution in [0.25, 0.3) is 5.65 Å². The molecule has 0 bridgehead atoms. The number of likely N-dealkylation sites (tertiary alicyclic amines) is 1. The van der Waals surface area contributed by atoms with E-state index in [2.05, 4.69) is 20.5 Å². The van der Waals surface area contributed by atoms with Crippen molar-refractivity contribution >= 4 is 28.8 Å².